The number of carboxylic acid groups (broad SMARTS) is 1. The molecule has 0 unspecified atom stereocenters. The van der Waals surface area contributed by atoms with Crippen LogP contribution in [0.15, 0.2) is 24.3 Å². The van der Waals surface area contributed by atoms with Gasteiger partial charge in [-0.15, -0.1) is 0 Å². The molecule has 0 bridgehead atoms. The molecule has 6 nitrogen and oxygen atoms in total. The fourth-order valence-electron chi connectivity index (χ4n) is 2.67. The van der Waals surface area contributed by atoms with Crippen LogP contribution in [0.2, 0.25) is 0 Å². The number of benzene rings is 1. The van der Waals surface area contributed by atoms with Crippen LogP contribution in [0.25, 0.3) is 10.9 Å². The van der Waals surface area contributed by atoms with Crippen molar-refractivity contribution in [3.63, 3.8) is 0 Å². The molecular weight excluding hydrogens is 270 g/mol. The summed E-state index contributed by atoms with van der Waals surface area (Å²) in [5.41, 5.74) is 0.652. The fraction of sp³-hybridized carbons (Fsp3) is 0.400. The van der Waals surface area contributed by atoms with Gasteiger partial charge in [0.15, 0.2) is 0 Å². The van der Waals surface area contributed by atoms with E-state index in [1.807, 2.05) is 31.3 Å². The van der Waals surface area contributed by atoms with E-state index in [0.29, 0.717) is 17.4 Å². The van der Waals surface area contributed by atoms with Crippen molar-refractivity contribution < 1.29 is 14.6 Å². The Morgan fingerprint density at radius 3 is 2.71 bits per heavy atom. The lowest BCUT2D eigenvalue weighted by Crippen LogP contribution is -2.37. The molecule has 1 aliphatic rings. The summed E-state index contributed by atoms with van der Waals surface area (Å²) < 4.78 is 5.38. The summed E-state index contributed by atoms with van der Waals surface area (Å²) in [6.45, 7) is 1.45. The minimum atomic E-state index is -1.11. The second-order valence-corrected chi connectivity index (χ2v) is 5.15. The Morgan fingerprint density at radius 2 is 2.00 bits per heavy atom. The van der Waals surface area contributed by atoms with Crippen molar-refractivity contribution in [3.8, 4) is 0 Å². The molecule has 0 atom stereocenters. The van der Waals surface area contributed by atoms with Gasteiger partial charge in [0.05, 0.1) is 5.52 Å². The Hall–Kier alpha value is -2.21. The van der Waals surface area contributed by atoms with Crippen LogP contribution < -0.4 is 4.90 Å². The summed E-state index contributed by atoms with van der Waals surface area (Å²) in [7, 11) is 1.95. The molecule has 0 saturated carbocycles. The standard InChI is InChI=1S/C15H17N3O3/c1-18(10-6-8-21-9-7-10)14-11-4-2-3-5-12(11)16-13(17-14)15(19)20/h2-5,10H,6-9H2,1H3,(H,19,20). The number of carbonyl (C=O) groups is 1. The predicted octanol–water partition coefficient (Wildman–Crippen LogP) is 1.94. The quantitative estimate of drug-likeness (QED) is 0.929. The smallest absolute Gasteiger partial charge is 0.374 e. The van der Waals surface area contributed by atoms with E-state index < -0.39 is 5.97 Å². The number of rotatable bonds is 3. The number of aromatic nitrogens is 2. The maximum absolute atomic E-state index is 11.2. The molecule has 6 heteroatoms. The zero-order valence-corrected chi connectivity index (χ0v) is 11.8. The first-order chi connectivity index (χ1) is 10.2. The van der Waals surface area contributed by atoms with Gasteiger partial charge in [0.2, 0.25) is 5.82 Å². The van der Waals surface area contributed by atoms with Gasteiger partial charge < -0.3 is 14.7 Å². The van der Waals surface area contributed by atoms with Crippen molar-refractivity contribution in [2.45, 2.75) is 18.9 Å². The topological polar surface area (TPSA) is 75.6 Å². The Balaban J connectivity index is 2.08. The molecule has 0 aliphatic carbocycles. The number of hydrogen-bond donors (Lipinski definition) is 1. The van der Waals surface area contributed by atoms with Gasteiger partial charge in [0.25, 0.3) is 0 Å². The highest BCUT2D eigenvalue weighted by Crippen LogP contribution is 2.27. The number of carboxylic acids is 1. The molecule has 0 spiro atoms. The van der Waals surface area contributed by atoms with Gasteiger partial charge in [-0.25, -0.2) is 14.8 Å². The minimum absolute atomic E-state index is 0.164. The third-order valence-corrected chi connectivity index (χ3v) is 3.85. The number of para-hydroxylation sites is 1. The average Bonchev–Trinajstić information content (AvgIpc) is 2.54. The Kier molecular flexibility index (Phi) is 3.70. The highest BCUT2D eigenvalue weighted by molar-refractivity contribution is 5.93. The number of ether oxygens (including phenoxy) is 1. The van der Waals surface area contributed by atoms with Gasteiger partial charge in [-0.2, -0.15) is 0 Å². The van der Waals surface area contributed by atoms with E-state index in [-0.39, 0.29) is 5.82 Å². The molecule has 1 aliphatic heterocycles. The molecule has 1 N–H and O–H groups in total. The molecule has 1 saturated heterocycles. The molecule has 21 heavy (non-hydrogen) atoms. The molecule has 1 aromatic carbocycles. The van der Waals surface area contributed by atoms with Gasteiger partial charge in [-0.1, -0.05) is 12.1 Å². The van der Waals surface area contributed by atoms with Crippen LogP contribution in [-0.4, -0.2) is 47.3 Å². The lowest BCUT2D eigenvalue weighted by Gasteiger charge is -2.32. The second kappa shape index (κ2) is 5.65. The summed E-state index contributed by atoms with van der Waals surface area (Å²) in [5, 5.41) is 10.1. The van der Waals surface area contributed by atoms with Gasteiger partial charge in [-0.3, -0.25) is 0 Å². The Labute approximate surface area is 122 Å². The van der Waals surface area contributed by atoms with Gasteiger partial charge in [0, 0.05) is 31.7 Å². The Morgan fingerprint density at radius 1 is 1.29 bits per heavy atom. The maximum atomic E-state index is 11.2. The normalized spacial score (nSPS) is 16.0. The fourth-order valence-corrected chi connectivity index (χ4v) is 2.67. The summed E-state index contributed by atoms with van der Waals surface area (Å²) in [4.78, 5) is 21.6. The number of hydrogen-bond acceptors (Lipinski definition) is 5. The molecule has 110 valence electrons. The van der Waals surface area contributed by atoms with Crippen LogP contribution in [-0.2, 0) is 4.74 Å². The lowest BCUT2D eigenvalue weighted by molar-refractivity contribution is 0.0683. The van der Waals surface area contributed by atoms with E-state index in [2.05, 4.69) is 14.9 Å². The molecule has 2 aromatic rings. The maximum Gasteiger partial charge on any atom is 0.374 e. The highest BCUT2D eigenvalue weighted by Gasteiger charge is 2.23. The number of aromatic carboxylic acids is 1. The van der Waals surface area contributed by atoms with Crippen LogP contribution in [0.5, 0.6) is 0 Å². The predicted molar refractivity (Wildman–Crippen MR) is 78.7 cm³/mol. The largest absolute Gasteiger partial charge is 0.475 e. The monoisotopic (exact) mass is 287 g/mol. The van der Waals surface area contributed by atoms with Gasteiger partial charge in [-0.05, 0) is 25.0 Å². The number of nitrogens with zero attached hydrogens (tertiary/aromatic N) is 3. The van der Waals surface area contributed by atoms with Crippen LogP contribution in [0.4, 0.5) is 5.82 Å². The van der Waals surface area contributed by atoms with Crippen LogP contribution in [0.1, 0.15) is 23.5 Å². The van der Waals surface area contributed by atoms with Crippen molar-refractivity contribution in [2.24, 2.45) is 0 Å². The minimum Gasteiger partial charge on any atom is -0.475 e. The second-order valence-electron chi connectivity index (χ2n) is 5.15. The molecule has 3 rings (SSSR count). The van der Waals surface area contributed by atoms with Crippen molar-refractivity contribution >= 4 is 22.7 Å². The zero-order chi connectivity index (χ0) is 14.8. The van der Waals surface area contributed by atoms with Crippen molar-refractivity contribution in [2.75, 3.05) is 25.2 Å². The van der Waals surface area contributed by atoms with E-state index >= 15 is 0 Å². The molecular formula is C15H17N3O3. The van der Waals surface area contributed by atoms with E-state index in [0.717, 1.165) is 31.4 Å². The van der Waals surface area contributed by atoms with E-state index in [4.69, 9.17) is 4.74 Å². The summed E-state index contributed by atoms with van der Waals surface area (Å²) in [6.07, 6.45) is 1.83. The van der Waals surface area contributed by atoms with Crippen LogP contribution in [0.3, 0.4) is 0 Å². The lowest BCUT2D eigenvalue weighted by atomic mass is 10.1. The SMILES string of the molecule is CN(c1nc(C(=O)O)nc2ccccc12)C1CCOCC1. The first-order valence-corrected chi connectivity index (χ1v) is 6.97. The number of fused-ring (bicyclic) bond motifs is 1. The van der Waals surface area contributed by atoms with Crippen LogP contribution >= 0.6 is 0 Å². The number of anilines is 1. The van der Waals surface area contributed by atoms with E-state index in [1.165, 1.54) is 0 Å². The van der Waals surface area contributed by atoms with E-state index in [1.54, 1.807) is 0 Å². The van der Waals surface area contributed by atoms with Crippen molar-refractivity contribution in [1.82, 2.24) is 9.97 Å². The van der Waals surface area contributed by atoms with E-state index in [9.17, 15) is 9.90 Å². The third kappa shape index (κ3) is 2.67. The summed E-state index contributed by atoms with van der Waals surface area (Å²) >= 11 is 0. The van der Waals surface area contributed by atoms with Gasteiger partial charge in [0.1, 0.15) is 5.82 Å². The summed E-state index contributed by atoms with van der Waals surface area (Å²) in [5.74, 6) is -0.602. The van der Waals surface area contributed by atoms with Crippen LogP contribution in [0, 0.1) is 0 Å². The molecule has 0 amide bonds. The molecule has 1 fully saturated rings. The zero-order valence-electron chi connectivity index (χ0n) is 11.8. The molecule has 1 aromatic heterocycles. The van der Waals surface area contributed by atoms with Gasteiger partial charge >= 0.3 is 5.97 Å². The third-order valence-electron chi connectivity index (χ3n) is 3.85. The molecule has 0 radical (unpaired) electrons. The summed E-state index contributed by atoms with van der Waals surface area (Å²) in [6, 6.07) is 7.79. The van der Waals surface area contributed by atoms with Crippen molar-refractivity contribution in [1.29, 1.82) is 0 Å². The van der Waals surface area contributed by atoms with Crippen molar-refractivity contribution in [3.05, 3.63) is 30.1 Å². The Bertz CT molecular complexity index is 668. The molecule has 2 heterocycles. The average molecular weight is 287 g/mol. The first kappa shape index (κ1) is 13.8. The highest BCUT2D eigenvalue weighted by atomic mass is 16.5. The first-order valence-electron chi connectivity index (χ1n) is 6.97.